The molecule has 0 bridgehead atoms. The van der Waals surface area contributed by atoms with E-state index in [1.165, 1.54) is 11.5 Å². The first-order valence-electron chi connectivity index (χ1n) is 8.98. The molecule has 7 heteroatoms. The maximum Gasteiger partial charge on any atom is 0.251 e. The van der Waals surface area contributed by atoms with Gasteiger partial charge in [-0.1, -0.05) is 18.2 Å². The van der Waals surface area contributed by atoms with Crippen molar-refractivity contribution in [3.8, 4) is 0 Å². The number of aromatic nitrogens is 1. The maximum atomic E-state index is 12.3. The summed E-state index contributed by atoms with van der Waals surface area (Å²) < 4.78 is 5.53. The van der Waals surface area contributed by atoms with Crippen molar-refractivity contribution in [1.82, 2.24) is 15.0 Å². The highest BCUT2D eigenvalue weighted by atomic mass is 32.1. The fourth-order valence-corrected chi connectivity index (χ4v) is 3.53. The molecule has 1 fully saturated rings. The second-order valence-electron chi connectivity index (χ2n) is 6.54. The van der Waals surface area contributed by atoms with Crippen molar-refractivity contribution in [2.45, 2.75) is 18.9 Å². The Morgan fingerprint density at radius 2 is 1.78 bits per heavy atom. The molecule has 1 aliphatic rings. The van der Waals surface area contributed by atoms with Crippen LogP contribution < -0.4 is 16.0 Å². The number of carbonyl (C=O) groups excluding carboxylic acids is 2. The Bertz CT molecular complexity index is 981. The normalized spacial score (nSPS) is 13.3. The minimum atomic E-state index is -0.194. The summed E-state index contributed by atoms with van der Waals surface area (Å²) in [5.74, 6) is 0.522. The molecule has 0 atom stereocenters. The van der Waals surface area contributed by atoms with E-state index in [0.717, 1.165) is 28.7 Å². The lowest BCUT2D eigenvalue weighted by Crippen LogP contribution is -2.29. The average Bonchev–Trinajstić information content (AvgIpc) is 3.42. The quantitative estimate of drug-likeness (QED) is 0.550. The third kappa shape index (κ3) is 4.25. The van der Waals surface area contributed by atoms with Crippen molar-refractivity contribution < 1.29 is 9.59 Å². The molecule has 1 aromatic heterocycles. The zero-order valence-corrected chi connectivity index (χ0v) is 15.5. The molecule has 1 aliphatic carbocycles. The van der Waals surface area contributed by atoms with Gasteiger partial charge in [0.05, 0.1) is 4.70 Å². The van der Waals surface area contributed by atoms with Crippen LogP contribution in [0, 0.1) is 0 Å². The molecule has 0 saturated heterocycles. The lowest BCUT2D eigenvalue weighted by molar-refractivity contribution is 0.0951. The van der Waals surface area contributed by atoms with Crippen LogP contribution >= 0.6 is 11.5 Å². The van der Waals surface area contributed by atoms with E-state index < -0.39 is 0 Å². The number of amides is 2. The van der Waals surface area contributed by atoms with Crippen LogP contribution in [0.5, 0.6) is 0 Å². The van der Waals surface area contributed by atoms with Crippen molar-refractivity contribution in [2.75, 3.05) is 18.4 Å². The largest absolute Gasteiger partial charge is 0.367 e. The second kappa shape index (κ2) is 7.75. The van der Waals surface area contributed by atoms with Crippen LogP contribution in [0.25, 0.3) is 10.1 Å². The first kappa shape index (κ1) is 17.5. The van der Waals surface area contributed by atoms with Crippen LogP contribution in [0.4, 0.5) is 5.82 Å². The first-order chi connectivity index (χ1) is 13.2. The lowest BCUT2D eigenvalue weighted by Gasteiger charge is -2.08. The molecule has 138 valence electrons. The SMILES string of the molecule is O=C(NCCNc1nsc2ccccc12)c1cccc(C(=O)NC2CC2)c1. The van der Waals surface area contributed by atoms with Gasteiger partial charge in [-0.25, -0.2) is 0 Å². The highest BCUT2D eigenvalue weighted by Gasteiger charge is 2.24. The Labute approximate surface area is 161 Å². The Kier molecular flexibility index (Phi) is 5.02. The van der Waals surface area contributed by atoms with E-state index in [1.54, 1.807) is 24.3 Å². The van der Waals surface area contributed by atoms with Gasteiger partial charge in [-0.2, -0.15) is 4.37 Å². The third-order valence-corrected chi connectivity index (χ3v) is 5.21. The molecule has 27 heavy (non-hydrogen) atoms. The van der Waals surface area contributed by atoms with Gasteiger partial charge in [0.1, 0.15) is 5.82 Å². The van der Waals surface area contributed by atoms with Gasteiger partial charge in [0.25, 0.3) is 11.8 Å². The van der Waals surface area contributed by atoms with Gasteiger partial charge in [0.2, 0.25) is 0 Å². The summed E-state index contributed by atoms with van der Waals surface area (Å²) in [6.07, 6.45) is 2.07. The van der Waals surface area contributed by atoms with Crippen molar-refractivity contribution in [3.63, 3.8) is 0 Å². The number of fused-ring (bicyclic) bond motifs is 1. The predicted molar refractivity (Wildman–Crippen MR) is 107 cm³/mol. The van der Waals surface area contributed by atoms with E-state index >= 15 is 0 Å². The van der Waals surface area contributed by atoms with Gasteiger partial charge in [-0.15, -0.1) is 0 Å². The number of anilines is 1. The Balaban J connectivity index is 1.29. The van der Waals surface area contributed by atoms with E-state index in [4.69, 9.17) is 0 Å². The molecule has 3 aromatic rings. The monoisotopic (exact) mass is 380 g/mol. The van der Waals surface area contributed by atoms with Crippen molar-refractivity contribution in [1.29, 1.82) is 0 Å². The Morgan fingerprint density at radius 1 is 1.00 bits per heavy atom. The molecule has 0 aliphatic heterocycles. The highest BCUT2D eigenvalue weighted by Crippen LogP contribution is 2.25. The summed E-state index contributed by atoms with van der Waals surface area (Å²) in [6, 6.07) is 15.1. The van der Waals surface area contributed by atoms with Crippen LogP contribution in [0.1, 0.15) is 33.6 Å². The first-order valence-corrected chi connectivity index (χ1v) is 9.75. The molecule has 0 radical (unpaired) electrons. The summed E-state index contributed by atoms with van der Waals surface area (Å²) in [7, 11) is 0. The summed E-state index contributed by atoms with van der Waals surface area (Å²) in [6.45, 7) is 1.03. The van der Waals surface area contributed by atoms with Gasteiger partial charge in [-0.3, -0.25) is 9.59 Å². The number of carbonyl (C=O) groups is 2. The number of nitrogens with zero attached hydrogens (tertiary/aromatic N) is 1. The number of hydrogen-bond donors (Lipinski definition) is 3. The number of rotatable bonds is 7. The van der Waals surface area contributed by atoms with Gasteiger partial charge < -0.3 is 16.0 Å². The summed E-state index contributed by atoms with van der Waals surface area (Å²) in [5, 5.41) is 10.1. The minimum Gasteiger partial charge on any atom is -0.367 e. The van der Waals surface area contributed by atoms with Crippen LogP contribution in [0.2, 0.25) is 0 Å². The van der Waals surface area contributed by atoms with Gasteiger partial charge in [0.15, 0.2) is 0 Å². The number of benzene rings is 2. The molecular formula is C20H20N4O2S. The fraction of sp³-hybridized carbons (Fsp3) is 0.250. The molecule has 0 spiro atoms. The predicted octanol–water partition coefficient (Wildman–Crippen LogP) is 3.03. The summed E-state index contributed by atoms with van der Waals surface area (Å²) >= 11 is 1.45. The van der Waals surface area contributed by atoms with Crippen LogP contribution in [-0.2, 0) is 0 Å². The summed E-state index contributed by atoms with van der Waals surface area (Å²) in [4.78, 5) is 24.5. The number of hydrogen-bond acceptors (Lipinski definition) is 5. The van der Waals surface area contributed by atoms with Crippen LogP contribution in [0.15, 0.2) is 48.5 Å². The molecule has 2 aromatic carbocycles. The Morgan fingerprint density at radius 3 is 2.59 bits per heavy atom. The van der Waals surface area contributed by atoms with E-state index in [0.29, 0.717) is 30.3 Å². The van der Waals surface area contributed by atoms with E-state index in [2.05, 4.69) is 20.3 Å². The van der Waals surface area contributed by atoms with Crippen molar-refractivity contribution in [2.24, 2.45) is 0 Å². The van der Waals surface area contributed by atoms with Crippen molar-refractivity contribution >= 4 is 39.3 Å². The Hall–Kier alpha value is -2.93. The van der Waals surface area contributed by atoms with E-state index in [1.807, 2.05) is 24.3 Å². The topological polar surface area (TPSA) is 83.1 Å². The van der Waals surface area contributed by atoms with Gasteiger partial charge >= 0.3 is 0 Å². The third-order valence-electron chi connectivity index (χ3n) is 4.38. The van der Waals surface area contributed by atoms with Crippen molar-refractivity contribution in [3.05, 3.63) is 59.7 Å². The smallest absolute Gasteiger partial charge is 0.251 e. The fourth-order valence-electron chi connectivity index (χ4n) is 2.77. The van der Waals surface area contributed by atoms with Gasteiger partial charge in [0, 0.05) is 35.6 Å². The van der Waals surface area contributed by atoms with Crippen LogP contribution in [0.3, 0.4) is 0 Å². The molecular weight excluding hydrogens is 360 g/mol. The van der Waals surface area contributed by atoms with Gasteiger partial charge in [-0.05, 0) is 54.7 Å². The second-order valence-corrected chi connectivity index (χ2v) is 7.34. The molecule has 0 unspecified atom stereocenters. The van der Waals surface area contributed by atoms with E-state index in [9.17, 15) is 9.59 Å². The minimum absolute atomic E-state index is 0.121. The van der Waals surface area contributed by atoms with Crippen LogP contribution in [-0.4, -0.2) is 35.3 Å². The molecule has 6 nitrogen and oxygen atoms in total. The zero-order chi connectivity index (χ0) is 18.6. The van der Waals surface area contributed by atoms with E-state index in [-0.39, 0.29) is 11.8 Å². The number of nitrogens with one attached hydrogen (secondary N) is 3. The molecule has 4 rings (SSSR count). The highest BCUT2D eigenvalue weighted by molar-refractivity contribution is 7.13. The summed E-state index contributed by atoms with van der Waals surface area (Å²) in [5.41, 5.74) is 0.999. The molecule has 1 heterocycles. The average molecular weight is 380 g/mol. The molecule has 1 saturated carbocycles. The maximum absolute atomic E-state index is 12.3. The molecule has 2 amide bonds. The standard InChI is InChI=1S/C20H20N4O2S/c25-19(13-4-3-5-14(12-13)20(26)23-15-8-9-15)22-11-10-21-18-16-6-1-2-7-17(16)27-24-18/h1-7,12,15H,8-11H2,(H,21,24)(H,22,25)(H,23,26). The molecule has 3 N–H and O–H groups in total. The zero-order valence-electron chi connectivity index (χ0n) is 14.7. The lowest BCUT2D eigenvalue weighted by atomic mass is 10.1.